The largest absolute Gasteiger partial charge is 0.454 e. The van der Waals surface area contributed by atoms with Gasteiger partial charge in [0.2, 0.25) is 6.79 Å². The van der Waals surface area contributed by atoms with Gasteiger partial charge in [-0.05, 0) is 6.07 Å². The van der Waals surface area contributed by atoms with E-state index in [9.17, 15) is 0 Å². The van der Waals surface area contributed by atoms with E-state index >= 15 is 0 Å². The number of benzene rings is 1. The summed E-state index contributed by atoms with van der Waals surface area (Å²) in [7, 11) is -1.81. The molecule has 128 valence electrons. The molecule has 0 spiro atoms. The molecular weight excluding hydrogens is 331 g/mol. The summed E-state index contributed by atoms with van der Waals surface area (Å²) in [4.78, 5) is 31.4. The summed E-state index contributed by atoms with van der Waals surface area (Å²) in [5.74, 6) is 2.36. The van der Waals surface area contributed by atoms with Gasteiger partial charge in [0.25, 0.3) is 0 Å². The fourth-order valence-electron chi connectivity index (χ4n) is 3.10. The lowest BCUT2D eigenvalue weighted by atomic mass is 10.2. The molecule has 0 radical (unpaired) electrons. The second-order valence-electron chi connectivity index (χ2n) is 5.84. The molecule has 3 heterocycles. The molecule has 1 fully saturated rings. The van der Waals surface area contributed by atoms with Crippen LogP contribution in [0.1, 0.15) is 0 Å². The molecule has 0 atom stereocenters. The maximum atomic E-state index is 9.05. The molecule has 1 saturated heterocycles. The molecule has 1 aromatic carbocycles. The molecule has 2 aliphatic heterocycles. The Bertz CT molecular complexity index is 737. The average Bonchev–Trinajstić information content (AvgIpc) is 3.05. The molecule has 4 rings (SSSR count). The summed E-state index contributed by atoms with van der Waals surface area (Å²) in [5.41, 5.74) is 0.845. The van der Waals surface area contributed by atoms with Crippen LogP contribution in [0.3, 0.4) is 0 Å². The highest BCUT2D eigenvalue weighted by atomic mass is 31.2. The van der Waals surface area contributed by atoms with Crippen LogP contribution in [-0.2, 0) is 0 Å². The molecule has 0 bridgehead atoms. The van der Waals surface area contributed by atoms with Crippen LogP contribution in [0.15, 0.2) is 18.5 Å². The van der Waals surface area contributed by atoms with Crippen molar-refractivity contribution >= 4 is 25.1 Å². The number of hydrogen-bond donors (Lipinski definition) is 2. The topological polar surface area (TPSA) is 91.2 Å². The summed E-state index contributed by atoms with van der Waals surface area (Å²) < 4.78 is 10.9. The number of fused-ring (bicyclic) bond motifs is 2. The van der Waals surface area contributed by atoms with Crippen LogP contribution in [0.4, 0.5) is 5.82 Å². The van der Waals surface area contributed by atoms with E-state index < -0.39 is 8.38 Å². The molecule has 0 unspecified atom stereocenters. The van der Waals surface area contributed by atoms with Crippen LogP contribution in [0.5, 0.6) is 11.5 Å². The lowest BCUT2D eigenvalue weighted by Gasteiger charge is -2.35. The summed E-state index contributed by atoms with van der Waals surface area (Å²) in [6, 6.07) is 3.84. The molecule has 2 N–H and O–H groups in total. The third-order valence-corrected chi connectivity index (χ3v) is 5.00. The second kappa shape index (κ2) is 6.64. The van der Waals surface area contributed by atoms with Crippen LogP contribution < -0.4 is 14.4 Å². The SMILES string of the molecule is OP(O)CCN1CCN(c2ncnc3cc4c(cc23)OCO4)CC1. The summed E-state index contributed by atoms with van der Waals surface area (Å²) in [6.45, 7) is 4.39. The first-order chi connectivity index (χ1) is 11.7. The number of piperazine rings is 1. The molecule has 0 amide bonds. The monoisotopic (exact) mass is 350 g/mol. The fourth-order valence-corrected chi connectivity index (χ4v) is 3.56. The van der Waals surface area contributed by atoms with Crippen molar-refractivity contribution < 1.29 is 19.3 Å². The summed E-state index contributed by atoms with van der Waals surface area (Å²) in [6.07, 6.45) is 2.02. The first-order valence-corrected chi connectivity index (χ1v) is 9.31. The van der Waals surface area contributed by atoms with E-state index in [0.717, 1.165) is 60.9 Å². The Kier molecular flexibility index (Phi) is 4.37. The van der Waals surface area contributed by atoms with E-state index in [2.05, 4.69) is 19.8 Å². The number of hydrogen-bond acceptors (Lipinski definition) is 8. The van der Waals surface area contributed by atoms with E-state index in [0.29, 0.717) is 6.16 Å². The Balaban J connectivity index is 1.53. The lowest BCUT2D eigenvalue weighted by molar-refractivity contribution is 0.174. The van der Waals surface area contributed by atoms with Gasteiger partial charge in [-0.15, -0.1) is 0 Å². The van der Waals surface area contributed by atoms with Crippen LogP contribution in [0.2, 0.25) is 0 Å². The number of rotatable bonds is 4. The number of anilines is 1. The summed E-state index contributed by atoms with van der Waals surface area (Å²) >= 11 is 0. The quantitative estimate of drug-likeness (QED) is 0.782. The van der Waals surface area contributed by atoms with Gasteiger partial charge in [0.1, 0.15) is 12.1 Å². The highest BCUT2D eigenvalue weighted by Gasteiger charge is 2.22. The van der Waals surface area contributed by atoms with Gasteiger partial charge < -0.3 is 24.2 Å². The molecule has 2 aliphatic rings. The van der Waals surface area contributed by atoms with Crippen molar-refractivity contribution in [2.75, 3.05) is 50.6 Å². The predicted octanol–water partition coefficient (Wildman–Crippen LogP) is 0.777. The van der Waals surface area contributed by atoms with Gasteiger partial charge in [0.15, 0.2) is 19.9 Å². The van der Waals surface area contributed by atoms with Gasteiger partial charge in [-0.25, -0.2) is 9.97 Å². The van der Waals surface area contributed by atoms with Crippen LogP contribution >= 0.6 is 8.38 Å². The van der Waals surface area contributed by atoms with E-state index in [4.69, 9.17) is 19.3 Å². The molecule has 0 saturated carbocycles. The smallest absolute Gasteiger partial charge is 0.231 e. The van der Waals surface area contributed by atoms with Crippen molar-refractivity contribution in [3.8, 4) is 11.5 Å². The molecule has 0 aliphatic carbocycles. The van der Waals surface area contributed by atoms with Crippen molar-refractivity contribution in [3.63, 3.8) is 0 Å². The number of nitrogens with zero attached hydrogens (tertiary/aromatic N) is 4. The van der Waals surface area contributed by atoms with Crippen molar-refractivity contribution in [2.45, 2.75) is 0 Å². The van der Waals surface area contributed by atoms with Gasteiger partial charge in [0, 0.05) is 50.3 Å². The van der Waals surface area contributed by atoms with Gasteiger partial charge >= 0.3 is 0 Å². The minimum Gasteiger partial charge on any atom is -0.454 e. The Hall–Kier alpha value is -1.73. The van der Waals surface area contributed by atoms with Gasteiger partial charge in [0.05, 0.1) is 5.52 Å². The number of aromatic nitrogens is 2. The molecular formula is C15H19N4O4P. The molecule has 9 heteroatoms. The van der Waals surface area contributed by atoms with Gasteiger partial charge in [-0.1, -0.05) is 0 Å². The second-order valence-corrected chi connectivity index (χ2v) is 7.04. The summed E-state index contributed by atoms with van der Waals surface area (Å²) in [5, 5.41) is 0.962. The molecule has 1 aromatic heterocycles. The molecule has 8 nitrogen and oxygen atoms in total. The zero-order valence-corrected chi connectivity index (χ0v) is 14.0. The minimum absolute atomic E-state index is 0.241. The van der Waals surface area contributed by atoms with Gasteiger partial charge in [-0.3, -0.25) is 4.90 Å². The zero-order valence-electron chi connectivity index (χ0n) is 13.1. The fraction of sp³-hybridized carbons (Fsp3) is 0.467. The first-order valence-electron chi connectivity index (χ1n) is 7.87. The van der Waals surface area contributed by atoms with E-state index in [1.54, 1.807) is 6.33 Å². The predicted molar refractivity (Wildman–Crippen MR) is 90.5 cm³/mol. The van der Waals surface area contributed by atoms with Crippen molar-refractivity contribution in [3.05, 3.63) is 18.5 Å². The first kappa shape index (κ1) is 15.8. The molecule has 2 aromatic rings. The van der Waals surface area contributed by atoms with E-state index in [1.165, 1.54) is 0 Å². The Morgan fingerprint density at radius 1 is 1.04 bits per heavy atom. The van der Waals surface area contributed by atoms with Crippen LogP contribution in [0, 0.1) is 0 Å². The van der Waals surface area contributed by atoms with E-state index in [1.807, 2.05) is 12.1 Å². The van der Waals surface area contributed by atoms with Gasteiger partial charge in [-0.2, -0.15) is 0 Å². The Labute approximate surface area is 140 Å². The van der Waals surface area contributed by atoms with E-state index in [-0.39, 0.29) is 6.79 Å². The average molecular weight is 350 g/mol. The standard InChI is InChI=1S/C15H19N4O4P/c20-24(21)6-5-18-1-3-19(4-2-18)15-11-7-13-14(23-10-22-13)8-12(11)16-9-17-15/h7-9,20-21H,1-6,10H2. The number of ether oxygens (including phenoxy) is 2. The highest BCUT2D eigenvalue weighted by molar-refractivity contribution is 7.45. The zero-order chi connectivity index (χ0) is 16.5. The normalized spacial score (nSPS) is 17.9. The van der Waals surface area contributed by atoms with Crippen molar-refractivity contribution in [1.29, 1.82) is 0 Å². The van der Waals surface area contributed by atoms with Crippen LogP contribution in [0.25, 0.3) is 10.9 Å². The van der Waals surface area contributed by atoms with Crippen molar-refractivity contribution in [1.82, 2.24) is 14.9 Å². The molecule has 24 heavy (non-hydrogen) atoms. The minimum atomic E-state index is -1.81. The highest BCUT2D eigenvalue weighted by Crippen LogP contribution is 2.38. The maximum Gasteiger partial charge on any atom is 0.231 e. The Morgan fingerprint density at radius 2 is 1.79 bits per heavy atom. The maximum absolute atomic E-state index is 9.05. The van der Waals surface area contributed by atoms with Crippen LogP contribution in [-0.4, -0.2) is 70.3 Å². The Morgan fingerprint density at radius 3 is 2.54 bits per heavy atom. The van der Waals surface area contributed by atoms with Crippen molar-refractivity contribution in [2.24, 2.45) is 0 Å². The third kappa shape index (κ3) is 3.10. The lowest BCUT2D eigenvalue weighted by Crippen LogP contribution is -2.47. The third-order valence-electron chi connectivity index (χ3n) is 4.40.